The normalized spacial score (nSPS) is 25.6. The van der Waals surface area contributed by atoms with Gasteiger partial charge in [0.25, 0.3) is 5.92 Å². The molecule has 0 aromatic heterocycles. The van der Waals surface area contributed by atoms with Gasteiger partial charge in [-0.2, -0.15) is 13.2 Å². The molecule has 4 nitrogen and oxygen atoms in total. The average Bonchev–Trinajstić information content (AvgIpc) is 2.64. The highest BCUT2D eigenvalue weighted by atomic mass is 19.4. The van der Waals surface area contributed by atoms with E-state index in [1.165, 1.54) is 5.32 Å². The summed E-state index contributed by atoms with van der Waals surface area (Å²) in [7, 11) is 0. The summed E-state index contributed by atoms with van der Waals surface area (Å²) in [6, 6.07) is 0. The fourth-order valence-electron chi connectivity index (χ4n) is 1.74. The highest BCUT2D eigenvalue weighted by Crippen LogP contribution is 2.64. The summed E-state index contributed by atoms with van der Waals surface area (Å²) in [4.78, 5) is 20.8. The number of carbonyl (C=O) groups is 2. The Hall–Kier alpha value is -1.41. The van der Waals surface area contributed by atoms with Crippen molar-refractivity contribution < 1.29 is 36.6 Å². The lowest BCUT2D eigenvalue weighted by molar-refractivity contribution is -0.173. The van der Waals surface area contributed by atoms with Crippen LogP contribution in [0.4, 0.5) is 22.0 Å². The molecule has 1 unspecified atom stereocenters. The average molecular weight is 275 g/mol. The molecule has 1 fully saturated rings. The summed E-state index contributed by atoms with van der Waals surface area (Å²) in [5.74, 6) is -6.87. The molecule has 1 rings (SSSR count). The van der Waals surface area contributed by atoms with Crippen LogP contribution in [0.5, 0.6) is 0 Å². The molecule has 18 heavy (non-hydrogen) atoms. The van der Waals surface area contributed by atoms with Crippen LogP contribution in [0, 0.1) is 5.41 Å². The molecule has 0 aliphatic heterocycles. The maximum absolute atomic E-state index is 13.0. The van der Waals surface area contributed by atoms with Gasteiger partial charge in [0.1, 0.15) is 0 Å². The number of hydrogen-bond donors (Lipinski definition) is 2. The molecule has 1 amide bonds. The van der Waals surface area contributed by atoms with Crippen molar-refractivity contribution in [1.82, 2.24) is 5.32 Å². The van der Waals surface area contributed by atoms with Crippen molar-refractivity contribution in [2.45, 2.75) is 31.4 Å². The summed E-state index contributed by atoms with van der Waals surface area (Å²) < 4.78 is 61.3. The first-order valence-electron chi connectivity index (χ1n) is 4.95. The summed E-state index contributed by atoms with van der Waals surface area (Å²) >= 11 is 0. The largest absolute Gasteiger partial charge is 0.481 e. The molecule has 104 valence electrons. The first kappa shape index (κ1) is 14.7. The van der Waals surface area contributed by atoms with Gasteiger partial charge in [0, 0.05) is 13.0 Å². The molecule has 0 spiro atoms. The molecule has 1 saturated carbocycles. The number of rotatable bonds is 5. The summed E-state index contributed by atoms with van der Waals surface area (Å²) in [5.41, 5.74) is -1.84. The molecular formula is C9H10F5NO3. The third-order valence-electron chi connectivity index (χ3n) is 2.85. The van der Waals surface area contributed by atoms with Crippen molar-refractivity contribution in [2.75, 3.05) is 6.54 Å². The van der Waals surface area contributed by atoms with Crippen molar-refractivity contribution >= 4 is 11.9 Å². The van der Waals surface area contributed by atoms with Gasteiger partial charge in [-0.05, 0) is 6.42 Å². The minimum Gasteiger partial charge on any atom is -0.481 e. The van der Waals surface area contributed by atoms with Gasteiger partial charge in [-0.3, -0.25) is 9.59 Å². The Morgan fingerprint density at radius 1 is 1.28 bits per heavy atom. The first-order valence-corrected chi connectivity index (χ1v) is 4.95. The Kier molecular flexibility index (Phi) is 3.55. The molecule has 0 heterocycles. The molecule has 0 bridgehead atoms. The molecule has 0 saturated heterocycles. The van der Waals surface area contributed by atoms with Crippen LogP contribution in [-0.2, 0) is 9.59 Å². The lowest BCUT2D eigenvalue weighted by Gasteiger charge is -2.14. The third kappa shape index (κ3) is 3.08. The van der Waals surface area contributed by atoms with Crippen LogP contribution in [0.25, 0.3) is 0 Å². The molecule has 9 heteroatoms. The number of carboxylic acids is 1. The monoisotopic (exact) mass is 275 g/mol. The van der Waals surface area contributed by atoms with E-state index in [1.54, 1.807) is 0 Å². The van der Waals surface area contributed by atoms with Crippen LogP contribution in [0.15, 0.2) is 0 Å². The highest BCUT2D eigenvalue weighted by molar-refractivity contribution is 5.81. The van der Waals surface area contributed by atoms with E-state index in [1.807, 2.05) is 0 Å². The smallest absolute Gasteiger partial charge is 0.471 e. The molecular weight excluding hydrogens is 265 g/mol. The van der Waals surface area contributed by atoms with Gasteiger partial charge in [-0.15, -0.1) is 0 Å². The number of alkyl halides is 5. The number of amides is 1. The molecule has 1 atom stereocenters. The Balaban J connectivity index is 2.47. The van der Waals surface area contributed by atoms with E-state index in [0.29, 0.717) is 0 Å². The van der Waals surface area contributed by atoms with Crippen LogP contribution in [0.2, 0.25) is 0 Å². The quantitative estimate of drug-likeness (QED) is 0.748. The van der Waals surface area contributed by atoms with Crippen molar-refractivity contribution in [2.24, 2.45) is 5.41 Å². The fourth-order valence-corrected chi connectivity index (χ4v) is 1.74. The second kappa shape index (κ2) is 4.36. The summed E-state index contributed by atoms with van der Waals surface area (Å²) in [5, 5.41) is 9.90. The maximum atomic E-state index is 13.0. The van der Waals surface area contributed by atoms with E-state index in [4.69, 9.17) is 5.11 Å². The first-order chi connectivity index (χ1) is 8.00. The van der Waals surface area contributed by atoms with Gasteiger partial charge in [-0.1, -0.05) is 0 Å². The van der Waals surface area contributed by atoms with E-state index >= 15 is 0 Å². The number of nitrogens with one attached hydrogen (secondary N) is 1. The van der Waals surface area contributed by atoms with Gasteiger partial charge in [0.2, 0.25) is 0 Å². The van der Waals surface area contributed by atoms with E-state index in [2.05, 4.69) is 0 Å². The zero-order valence-corrected chi connectivity index (χ0v) is 8.98. The van der Waals surface area contributed by atoms with Crippen LogP contribution in [0.3, 0.4) is 0 Å². The maximum Gasteiger partial charge on any atom is 0.471 e. The van der Waals surface area contributed by atoms with E-state index in [9.17, 15) is 31.5 Å². The van der Waals surface area contributed by atoms with Crippen molar-refractivity contribution in [3.63, 3.8) is 0 Å². The number of carboxylic acid groups (broad SMARTS) is 1. The van der Waals surface area contributed by atoms with Crippen LogP contribution < -0.4 is 5.32 Å². The minimum atomic E-state index is -5.08. The molecule has 0 aromatic carbocycles. The molecule has 1 aliphatic carbocycles. The lowest BCUT2D eigenvalue weighted by Crippen LogP contribution is -2.38. The topological polar surface area (TPSA) is 66.4 Å². The lowest BCUT2D eigenvalue weighted by atomic mass is 9.97. The van der Waals surface area contributed by atoms with Crippen molar-refractivity contribution in [3.8, 4) is 0 Å². The Labute approximate surface area is 98.1 Å². The highest BCUT2D eigenvalue weighted by Gasteiger charge is 2.70. The molecule has 0 radical (unpaired) electrons. The molecule has 1 aliphatic rings. The van der Waals surface area contributed by atoms with Gasteiger partial charge >= 0.3 is 18.1 Å². The van der Waals surface area contributed by atoms with Gasteiger partial charge < -0.3 is 10.4 Å². The van der Waals surface area contributed by atoms with Crippen molar-refractivity contribution in [1.29, 1.82) is 0 Å². The van der Waals surface area contributed by atoms with E-state index in [0.717, 1.165) is 0 Å². The van der Waals surface area contributed by atoms with Crippen LogP contribution in [-0.4, -0.2) is 35.6 Å². The summed E-state index contributed by atoms with van der Waals surface area (Å²) in [6.45, 7) is -0.638. The second-order valence-corrected chi connectivity index (χ2v) is 4.24. The molecule has 2 N–H and O–H groups in total. The van der Waals surface area contributed by atoms with Crippen molar-refractivity contribution in [3.05, 3.63) is 0 Å². The minimum absolute atomic E-state index is 0.506. The number of halogens is 5. The Morgan fingerprint density at radius 3 is 2.11 bits per heavy atom. The standard InChI is InChI=1S/C9H10F5NO3/c10-8(11)4-7(8,3-5(16)17)1-2-15-6(18)9(12,13)14/h1-4H2,(H,15,18)(H,16,17). The third-order valence-corrected chi connectivity index (χ3v) is 2.85. The fraction of sp³-hybridized carbons (Fsp3) is 0.778. The number of aliphatic carboxylic acids is 1. The van der Waals surface area contributed by atoms with E-state index < -0.39 is 55.2 Å². The Morgan fingerprint density at radius 2 is 1.78 bits per heavy atom. The van der Waals surface area contributed by atoms with E-state index in [-0.39, 0.29) is 0 Å². The Bertz CT molecular complexity index is 368. The summed E-state index contributed by atoms with van der Waals surface area (Å²) in [6.07, 6.45) is -7.10. The van der Waals surface area contributed by atoms with Crippen LogP contribution in [0.1, 0.15) is 19.3 Å². The number of carbonyl (C=O) groups excluding carboxylic acids is 1. The second-order valence-electron chi connectivity index (χ2n) is 4.24. The predicted octanol–water partition coefficient (Wildman–Crippen LogP) is 1.56. The van der Waals surface area contributed by atoms with Gasteiger partial charge in [-0.25, -0.2) is 8.78 Å². The SMILES string of the molecule is O=C(O)CC1(CCNC(=O)C(F)(F)F)CC1(F)F. The predicted molar refractivity (Wildman–Crippen MR) is 47.9 cm³/mol. The zero-order valence-electron chi connectivity index (χ0n) is 8.98. The number of hydrogen-bond acceptors (Lipinski definition) is 2. The molecule has 0 aromatic rings. The van der Waals surface area contributed by atoms with Gasteiger partial charge in [0.05, 0.1) is 11.8 Å². The zero-order chi connectivity index (χ0) is 14.2. The van der Waals surface area contributed by atoms with Crippen LogP contribution >= 0.6 is 0 Å². The van der Waals surface area contributed by atoms with Gasteiger partial charge in [0.15, 0.2) is 0 Å².